The maximum Gasteiger partial charge on any atom is 0.203 e. The summed E-state index contributed by atoms with van der Waals surface area (Å²) in [7, 11) is 6.42. The number of nitrogens with zero attached hydrogens (tertiary/aromatic N) is 1. The summed E-state index contributed by atoms with van der Waals surface area (Å²) < 4.78 is 32.9. The van der Waals surface area contributed by atoms with Crippen molar-refractivity contribution < 1.29 is 28.4 Å². The van der Waals surface area contributed by atoms with Crippen LogP contribution in [-0.2, 0) is 11.3 Å². The van der Waals surface area contributed by atoms with Crippen LogP contribution in [0, 0.1) is 0 Å². The van der Waals surface area contributed by atoms with Crippen molar-refractivity contribution in [3.63, 3.8) is 0 Å². The summed E-state index contributed by atoms with van der Waals surface area (Å²) in [6.45, 7) is 2.82. The Bertz CT molecular complexity index is 900. The van der Waals surface area contributed by atoms with Gasteiger partial charge in [-0.3, -0.25) is 0 Å². The van der Waals surface area contributed by atoms with E-state index in [1.807, 2.05) is 30.3 Å². The first kappa shape index (κ1) is 26.7. The zero-order chi connectivity index (χ0) is 22.8. The van der Waals surface area contributed by atoms with E-state index in [4.69, 9.17) is 33.4 Å². The molecule has 0 saturated carbocycles. The number of halogens is 1. The lowest BCUT2D eigenvalue weighted by molar-refractivity contribution is 0.204. The van der Waals surface area contributed by atoms with Gasteiger partial charge in [-0.05, 0) is 29.8 Å². The molecule has 2 aromatic carbocycles. The first-order valence-corrected chi connectivity index (χ1v) is 10.4. The monoisotopic (exact) mass is 573 g/mol. The Morgan fingerprint density at radius 3 is 2.27 bits per heavy atom. The van der Waals surface area contributed by atoms with Crippen LogP contribution < -0.4 is 34.3 Å². The minimum Gasteiger partial charge on any atom is -0.493 e. The number of benzene rings is 2. The van der Waals surface area contributed by atoms with Gasteiger partial charge in [0.1, 0.15) is 0 Å². The van der Waals surface area contributed by atoms with Crippen molar-refractivity contribution in [1.29, 1.82) is 0 Å². The number of hydrogen-bond acceptors (Lipinski definition) is 7. The molecule has 0 amide bonds. The number of anilines is 1. The van der Waals surface area contributed by atoms with Crippen LogP contribution in [0.5, 0.6) is 28.7 Å². The van der Waals surface area contributed by atoms with Gasteiger partial charge in [0.25, 0.3) is 0 Å². The SMILES string of the molecule is COCCNC(=NCc1cc(OC)c(OC)c(OC)c1)Nc1ccc2c(c1)OCCCO2.I. The largest absolute Gasteiger partial charge is 0.493 e. The zero-order valence-electron chi connectivity index (χ0n) is 19.4. The number of fused-ring (bicyclic) bond motifs is 1. The lowest BCUT2D eigenvalue weighted by Gasteiger charge is -2.15. The Balaban J connectivity index is 0.00000385. The molecule has 182 valence electrons. The molecular weight excluding hydrogens is 541 g/mol. The molecule has 2 aromatic rings. The van der Waals surface area contributed by atoms with Crippen LogP contribution in [0.15, 0.2) is 35.3 Å². The lowest BCUT2D eigenvalue weighted by atomic mass is 10.2. The van der Waals surface area contributed by atoms with Gasteiger partial charge in [-0.2, -0.15) is 0 Å². The van der Waals surface area contributed by atoms with Gasteiger partial charge in [-0.1, -0.05) is 0 Å². The Labute approximate surface area is 211 Å². The van der Waals surface area contributed by atoms with Gasteiger partial charge in [0, 0.05) is 31.8 Å². The quantitative estimate of drug-likeness (QED) is 0.203. The van der Waals surface area contributed by atoms with Gasteiger partial charge in [0.2, 0.25) is 5.75 Å². The number of guanidine groups is 1. The molecule has 3 rings (SSSR count). The third-order valence-corrected chi connectivity index (χ3v) is 4.75. The highest BCUT2D eigenvalue weighted by Gasteiger charge is 2.14. The molecule has 0 radical (unpaired) electrons. The molecule has 10 heteroatoms. The van der Waals surface area contributed by atoms with Gasteiger partial charge < -0.3 is 39.1 Å². The van der Waals surface area contributed by atoms with E-state index >= 15 is 0 Å². The molecule has 9 nitrogen and oxygen atoms in total. The highest BCUT2D eigenvalue weighted by atomic mass is 127. The van der Waals surface area contributed by atoms with Crippen molar-refractivity contribution in [3.05, 3.63) is 35.9 Å². The Morgan fingerprint density at radius 2 is 1.64 bits per heavy atom. The maximum atomic E-state index is 5.79. The molecule has 0 atom stereocenters. The zero-order valence-corrected chi connectivity index (χ0v) is 21.8. The number of hydrogen-bond donors (Lipinski definition) is 2. The fraction of sp³-hybridized carbons (Fsp3) is 0.435. The second-order valence-electron chi connectivity index (χ2n) is 6.95. The molecule has 0 bridgehead atoms. The second kappa shape index (κ2) is 13.8. The number of aliphatic imine (C=N–C) groups is 1. The maximum absolute atomic E-state index is 5.79. The first-order valence-electron chi connectivity index (χ1n) is 10.4. The lowest BCUT2D eigenvalue weighted by Crippen LogP contribution is -2.33. The van der Waals surface area contributed by atoms with E-state index in [1.54, 1.807) is 28.4 Å². The molecule has 1 aliphatic rings. The predicted molar refractivity (Wildman–Crippen MR) is 138 cm³/mol. The van der Waals surface area contributed by atoms with Crippen molar-refractivity contribution in [2.24, 2.45) is 4.99 Å². The van der Waals surface area contributed by atoms with Crippen molar-refractivity contribution >= 4 is 35.6 Å². The van der Waals surface area contributed by atoms with Crippen molar-refractivity contribution in [2.75, 3.05) is 60.1 Å². The van der Waals surface area contributed by atoms with Crippen molar-refractivity contribution in [3.8, 4) is 28.7 Å². The minimum absolute atomic E-state index is 0. The molecule has 0 fully saturated rings. The number of ether oxygens (including phenoxy) is 6. The second-order valence-corrected chi connectivity index (χ2v) is 6.95. The summed E-state index contributed by atoms with van der Waals surface area (Å²) in [6, 6.07) is 9.50. The van der Waals surface area contributed by atoms with Gasteiger partial charge in [-0.25, -0.2) is 4.99 Å². The Kier molecular flexibility index (Phi) is 11.2. The molecular formula is C23H32IN3O6. The van der Waals surface area contributed by atoms with Crippen LogP contribution in [0.1, 0.15) is 12.0 Å². The summed E-state index contributed by atoms with van der Waals surface area (Å²) in [5, 5.41) is 6.59. The number of rotatable bonds is 9. The van der Waals surface area contributed by atoms with Crippen LogP contribution in [0.4, 0.5) is 5.69 Å². The molecule has 2 N–H and O–H groups in total. The van der Waals surface area contributed by atoms with E-state index in [1.165, 1.54) is 0 Å². The molecule has 0 saturated heterocycles. The topological polar surface area (TPSA) is 91.8 Å². The van der Waals surface area contributed by atoms with Crippen LogP contribution in [0.25, 0.3) is 0 Å². The van der Waals surface area contributed by atoms with Gasteiger partial charge in [0.15, 0.2) is 29.0 Å². The van der Waals surface area contributed by atoms with E-state index < -0.39 is 0 Å². The number of nitrogens with one attached hydrogen (secondary N) is 2. The summed E-state index contributed by atoms with van der Waals surface area (Å²) in [5.41, 5.74) is 1.74. The molecule has 0 unspecified atom stereocenters. The first-order chi connectivity index (χ1) is 15.7. The summed E-state index contributed by atoms with van der Waals surface area (Å²) in [5.74, 6) is 3.78. The van der Waals surface area contributed by atoms with Gasteiger partial charge in [-0.15, -0.1) is 24.0 Å². The van der Waals surface area contributed by atoms with Crippen molar-refractivity contribution in [2.45, 2.75) is 13.0 Å². The summed E-state index contributed by atoms with van der Waals surface area (Å²) in [4.78, 5) is 4.71. The van der Waals surface area contributed by atoms with Gasteiger partial charge >= 0.3 is 0 Å². The number of methoxy groups -OCH3 is 4. The van der Waals surface area contributed by atoms with Crippen LogP contribution in [0.2, 0.25) is 0 Å². The molecule has 1 heterocycles. The van der Waals surface area contributed by atoms with E-state index in [-0.39, 0.29) is 24.0 Å². The smallest absolute Gasteiger partial charge is 0.203 e. The third kappa shape index (κ3) is 7.46. The summed E-state index contributed by atoms with van der Waals surface area (Å²) >= 11 is 0. The highest BCUT2D eigenvalue weighted by molar-refractivity contribution is 14.0. The van der Waals surface area contributed by atoms with Crippen molar-refractivity contribution in [1.82, 2.24) is 5.32 Å². The normalized spacial score (nSPS) is 12.8. The fourth-order valence-corrected chi connectivity index (χ4v) is 3.19. The molecule has 1 aliphatic heterocycles. The molecule has 0 spiro atoms. The van der Waals surface area contributed by atoms with Crippen LogP contribution >= 0.6 is 24.0 Å². The average Bonchev–Trinajstić information content (AvgIpc) is 3.06. The minimum atomic E-state index is 0. The van der Waals surface area contributed by atoms with E-state index in [0.29, 0.717) is 61.9 Å². The van der Waals surface area contributed by atoms with E-state index in [2.05, 4.69) is 10.6 Å². The molecule has 0 aromatic heterocycles. The van der Waals surface area contributed by atoms with E-state index in [0.717, 1.165) is 23.4 Å². The Morgan fingerprint density at radius 1 is 0.939 bits per heavy atom. The average molecular weight is 573 g/mol. The molecule has 0 aliphatic carbocycles. The predicted octanol–water partition coefficient (Wildman–Crippen LogP) is 3.70. The molecule has 33 heavy (non-hydrogen) atoms. The summed E-state index contributed by atoms with van der Waals surface area (Å²) in [6.07, 6.45) is 0.859. The fourth-order valence-electron chi connectivity index (χ4n) is 3.19. The van der Waals surface area contributed by atoms with Crippen LogP contribution in [-0.4, -0.2) is 60.8 Å². The third-order valence-electron chi connectivity index (χ3n) is 4.75. The standard InChI is InChI=1S/C23H31N3O6.HI/c1-27-11-8-24-23(26-17-6-7-18-19(14-17)32-10-5-9-31-18)25-15-16-12-20(28-2)22(30-4)21(13-16)29-3;/h6-7,12-14H,5,8-11,15H2,1-4H3,(H2,24,25,26);1H. The van der Waals surface area contributed by atoms with Gasteiger partial charge in [0.05, 0.1) is 47.7 Å². The Hall–Kier alpha value is -2.60. The van der Waals surface area contributed by atoms with Crippen LogP contribution in [0.3, 0.4) is 0 Å². The van der Waals surface area contributed by atoms with E-state index in [9.17, 15) is 0 Å². The highest BCUT2D eigenvalue weighted by Crippen LogP contribution is 2.38.